The van der Waals surface area contributed by atoms with Crippen LogP contribution in [0.5, 0.6) is 0 Å². The molecule has 0 amide bonds. The van der Waals surface area contributed by atoms with Gasteiger partial charge >= 0.3 is 0 Å². The van der Waals surface area contributed by atoms with Gasteiger partial charge in [0.15, 0.2) is 0 Å². The third kappa shape index (κ3) is 13.4. The summed E-state index contributed by atoms with van der Waals surface area (Å²) in [5.41, 5.74) is 24.4. The summed E-state index contributed by atoms with van der Waals surface area (Å²) in [4.78, 5) is 28.9. The molecule has 8 bridgehead atoms. The summed E-state index contributed by atoms with van der Waals surface area (Å²) >= 11 is 7.08. The number of nitrogens with zero attached hydrogens (tertiary/aromatic N) is 2. The van der Waals surface area contributed by atoms with Crippen molar-refractivity contribution in [3.05, 3.63) is 264 Å². The largest absolute Gasteiger partial charge is 0.354 e. The average Bonchev–Trinajstić information content (AvgIpc) is 2.41. The lowest BCUT2D eigenvalue weighted by Crippen LogP contribution is -2.16. The van der Waals surface area contributed by atoms with E-state index >= 15 is 0 Å². The Morgan fingerprint density at radius 3 is 0.841 bits per heavy atom. The van der Waals surface area contributed by atoms with Crippen LogP contribution in [0, 0.1) is 22.9 Å². The second-order valence-corrected chi connectivity index (χ2v) is 37.5. The maximum atomic E-state index is 5.84. The van der Waals surface area contributed by atoms with Crippen LogP contribution in [0.2, 0.25) is 39.3 Å². The Morgan fingerprint density at radius 1 is 0.284 bits per heavy atom. The van der Waals surface area contributed by atoms with Crippen LogP contribution in [0.3, 0.4) is 0 Å². The molecule has 0 spiro atoms. The number of nitrogens with one attached hydrogen (secondary N) is 2. The zero-order valence-corrected chi connectivity index (χ0v) is 55.0. The maximum absolute atomic E-state index is 5.84. The molecule has 2 aliphatic rings. The lowest BCUT2D eigenvalue weighted by molar-refractivity contribution is 1.26. The van der Waals surface area contributed by atoms with Crippen LogP contribution in [0.15, 0.2) is 270 Å². The van der Waals surface area contributed by atoms with E-state index in [1.807, 2.05) is 0 Å². The minimum absolute atomic E-state index is 0.839. The van der Waals surface area contributed by atoms with E-state index in [0.29, 0.717) is 0 Å². The molecule has 5 heterocycles. The highest BCUT2D eigenvalue weighted by Crippen LogP contribution is 2.49. The van der Waals surface area contributed by atoms with E-state index in [4.69, 9.17) is 9.97 Å². The minimum atomic E-state index is -1.64. The summed E-state index contributed by atoms with van der Waals surface area (Å²) in [6, 6.07) is 82.4. The third-order valence-corrected chi connectivity index (χ3v) is 20.6. The predicted octanol–water partition coefficient (Wildman–Crippen LogP) is 22.4. The normalized spacial score (nSPS) is 11.9. The Bertz CT molecular complexity index is 4360. The molecule has 8 aromatic carbocycles. The molecule has 426 valence electrons. The molecule has 11 aromatic rings. The highest BCUT2D eigenvalue weighted by atomic mass is 32.2. The topological polar surface area (TPSA) is 57.4 Å². The molecule has 0 aliphatic carbocycles. The first-order valence-electron chi connectivity index (χ1n) is 29.4. The molecule has 0 saturated heterocycles. The van der Waals surface area contributed by atoms with Gasteiger partial charge in [-0.2, -0.15) is 0 Å². The summed E-state index contributed by atoms with van der Waals surface area (Å²) in [5, 5.41) is 0. The third-order valence-electron chi connectivity index (χ3n) is 14.6. The van der Waals surface area contributed by atoms with Gasteiger partial charge in [0.1, 0.15) is 16.1 Å². The summed E-state index contributed by atoms with van der Waals surface area (Å²) < 4.78 is 0. The predicted molar refractivity (Wildman–Crippen MR) is 383 cm³/mol. The number of H-pyrrole nitrogens is 2. The summed E-state index contributed by atoms with van der Waals surface area (Å²) in [5.74, 6) is 7.02. The monoisotopic (exact) mass is 1240 g/mol. The fourth-order valence-corrected chi connectivity index (χ4v) is 15.8. The van der Waals surface area contributed by atoms with Gasteiger partial charge in [-0.15, -0.1) is 11.1 Å². The molecular weight excluding hydrogens is 1180 g/mol. The summed E-state index contributed by atoms with van der Waals surface area (Å²) in [6.07, 6.45) is 8.81. The average molecular weight is 1240 g/mol. The van der Waals surface area contributed by atoms with E-state index in [1.54, 1.807) is 47.0 Å². The molecule has 10 heteroatoms. The molecule has 4 nitrogen and oxygen atoms in total. The van der Waals surface area contributed by atoms with Crippen LogP contribution in [0.1, 0.15) is 33.9 Å². The Hall–Kier alpha value is -8.69. The van der Waals surface area contributed by atoms with Gasteiger partial charge < -0.3 is 9.97 Å². The molecule has 0 radical (unpaired) electrons. The minimum Gasteiger partial charge on any atom is -0.354 e. The molecule has 2 aliphatic heterocycles. The molecule has 3 aromatic heterocycles. The van der Waals surface area contributed by atoms with Crippen molar-refractivity contribution >= 4 is 110 Å². The number of benzene rings is 8. The zero-order valence-electron chi connectivity index (χ0n) is 49.8. The smallest absolute Gasteiger partial charge is 0.129 e. The first kappa shape index (κ1) is 58.3. The van der Waals surface area contributed by atoms with Gasteiger partial charge in [0.25, 0.3) is 0 Å². The molecular formula is C78H62N4S4Si2. The zero-order chi connectivity index (χ0) is 60.2. The van der Waals surface area contributed by atoms with Gasteiger partial charge in [0.05, 0.1) is 22.8 Å². The van der Waals surface area contributed by atoms with Gasteiger partial charge in [0, 0.05) is 106 Å². The Morgan fingerprint density at radius 2 is 0.557 bits per heavy atom. The van der Waals surface area contributed by atoms with E-state index in [1.165, 1.54) is 0 Å². The van der Waals surface area contributed by atoms with Crippen molar-refractivity contribution in [1.82, 2.24) is 19.9 Å². The second kappa shape index (κ2) is 25.6. The first-order chi connectivity index (χ1) is 42.8. The van der Waals surface area contributed by atoms with Crippen molar-refractivity contribution in [3.63, 3.8) is 0 Å². The van der Waals surface area contributed by atoms with Gasteiger partial charge in [-0.05, 0) is 157 Å². The molecule has 0 fully saturated rings. The van der Waals surface area contributed by atoms with Crippen LogP contribution in [0.4, 0.5) is 0 Å². The van der Waals surface area contributed by atoms with Crippen LogP contribution < -0.4 is 0 Å². The van der Waals surface area contributed by atoms with Crippen LogP contribution in [0.25, 0.3) is 90.9 Å². The molecule has 0 saturated carbocycles. The van der Waals surface area contributed by atoms with Gasteiger partial charge in [-0.25, -0.2) is 9.97 Å². The highest BCUT2D eigenvalue weighted by Gasteiger charge is 2.25. The molecule has 13 rings (SSSR count). The highest BCUT2D eigenvalue weighted by molar-refractivity contribution is 8.01. The Balaban J connectivity index is 1.16. The van der Waals surface area contributed by atoms with Crippen molar-refractivity contribution in [2.24, 2.45) is 0 Å². The fourth-order valence-electron chi connectivity index (χ4n) is 10.6. The molecule has 88 heavy (non-hydrogen) atoms. The Labute approximate surface area is 535 Å². The van der Waals surface area contributed by atoms with Crippen LogP contribution in [-0.2, 0) is 0 Å². The van der Waals surface area contributed by atoms with Crippen molar-refractivity contribution < 1.29 is 0 Å². The van der Waals surface area contributed by atoms with E-state index in [0.717, 1.165) is 140 Å². The first-order valence-corrected chi connectivity index (χ1v) is 39.7. The number of hydrogen-bond acceptors (Lipinski definition) is 6. The Kier molecular flexibility index (Phi) is 16.9. The van der Waals surface area contributed by atoms with Crippen molar-refractivity contribution in [2.75, 3.05) is 0 Å². The lowest BCUT2D eigenvalue weighted by atomic mass is 10.0. The van der Waals surface area contributed by atoms with Crippen LogP contribution in [-0.4, -0.2) is 36.1 Å². The van der Waals surface area contributed by atoms with Crippen LogP contribution >= 0.6 is 47.0 Å². The van der Waals surface area contributed by atoms with E-state index in [9.17, 15) is 0 Å². The molecule has 0 unspecified atom stereocenters. The van der Waals surface area contributed by atoms with Crippen molar-refractivity contribution in [3.8, 4) is 67.4 Å². The standard InChI is InChI=1S/C78H62N4S4Si2/c1-87(2,3)51-49-53-33-37-55(38-34-53)73-61-41-45-65(79-61)75(77-69(83-57-21-11-7-12-22-57)29-19-30-70(77)84-58-23-13-8-14-24-58)67-47-43-63(81-67)74(56-39-35-54(36-40-56)50-52-88(4,5)6)64-44-48-68(82-64)76(66-46-42-62(73)80-66)78-71(85-59-25-15-9-16-26-59)31-20-32-72(78)86-60-27-17-10-18-28-60/h7-48,79,82H,1-6H3. The summed E-state index contributed by atoms with van der Waals surface area (Å²) in [7, 11) is -3.28. The van der Waals surface area contributed by atoms with E-state index in [-0.39, 0.29) is 0 Å². The maximum Gasteiger partial charge on any atom is 0.129 e. The molecule has 2 N–H and O–H groups in total. The van der Waals surface area contributed by atoms with Gasteiger partial charge in [-0.3, -0.25) is 0 Å². The molecule has 0 atom stereocenters. The second-order valence-electron chi connectivity index (χ2n) is 23.6. The SMILES string of the molecule is C[Si](C)(C)C#Cc1ccc(-c2c3nc(c(-c4c(Sc5ccccc5)cccc4Sc4ccccc4)c4ccc([nH]4)c(-c4ccc(C#C[Si](C)(C)C)cc4)c4nc(c(-c5c(Sc6ccccc6)cccc5Sc5ccccc5)c5ccc2[nH]5)C=C4)C=C3)cc1. The number of hydrogen-bond donors (Lipinski definition) is 2. The van der Waals surface area contributed by atoms with Gasteiger partial charge in [0.2, 0.25) is 0 Å². The van der Waals surface area contributed by atoms with Gasteiger partial charge in [-0.1, -0.05) is 207 Å². The quantitative estimate of drug-likeness (QED) is 0.0939. The summed E-state index contributed by atoms with van der Waals surface area (Å²) in [6.45, 7) is 13.7. The lowest BCUT2D eigenvalue weighted by Gasteiger charge is -2.16. The van der Waals surface area contributed by atoms with E-state index < -0.39 is 16.1 Å². The van der Waals surface area contributed by atoms with E-state index in [2.05, 4.69) is 327 Å². The fraction of sp³-hybridized carbons (Fsp3) is 0.0769. The van der Waals surface area contributed by atoms with Crippen molar-refractivity contribution in [1.29, 1.82) is 0 Å². The van der Waals surface area contributed by atoms with Crippen molar-refractivity contribution in [2.45, 2.75) is 78.4 Å². The number of aromatic amines is 2. The number of rotatable bonds is 12. The number of fused-ring (bicyclic) bond motifs is 8. The number of aromatic nitrogens is 4.